The molecule has 0 bridgehead atoms. The minimum Gasteiger partial charge on any atom is -0.508 e. The minimum absolute atomic E-state index is 0.0228. The van der Waals surface area contributed by atoms with Crippen LogP contribution in [0.3, 0.4) is 0 Å². The van der Waals surface area contributed by atoms with Gasteiger partial charge in [0.25, 0.3) is 0 Å². The predicted octanol–water partition coefficient (Wildman–Crippen LogP) is 2.66. The van der Waals surface area contributed by atoms with E-state index in [0.717, 1.165) is 67.5 Å². The Balaban J connectivity index is 1.34. The van der Waals surface area contributed by atoms with Gasteiger partial charge in [0.15, 0.2) is 17.0 Å². The zero-order valence-electron chi connectivity index (χ0n) is 20.2. The molecule has 0 amide bonds. The summed E-state index contributed by atoms with van der Waals surface area (Å²) in [5.41, 5.74) is 3.51. The number of carbonyl (C=O) groups is 1. The van der Waals surface area contributed by atoms with Crippen LogP contribution in [0.1, 0.15) is 13.3 Å². The monoisotopic (exact) mass is 484 g/mol. The van der Waals surface area contributed by atoms with Crippen LogP contribution in [0.4, 0.5) is 17.5 Å². The van der Waals surface area contributed by atoms with Crippen LogP contribution in [0.25, 0.3) is 16.9 Å². The summed E-state index contributed by atoms with van der Waals surface area (Å²) >= 11 is 0. The van der Waals surface area contributed by atoms with E-state index in [1.54, 1.807) is 37.8 Å². The van der Waals surface area contributed by atoms with E-state index in [-0.39, 0.29) is 17.5 Å². The highest BCUT2D eigenvalue weighted by Gasteiger charge is 2.30. The average molecular weight is 485 g/mol. The number of rotatable bonds is 5. The first-order valence-electron chi connectivity index (χ1n) is 12.3. The molecule has 1 unspecified atom stereocenters. The molecule has 6 rings (SSSR count). The normalized spacial score (nSPS) is 18.2. The largest absolute Gasteiger partial charge is 0.508 e. The summed E-state index contributed by atoms with van der Waals surface area (Å²) < 4.78 is 1.97. The molecule has 3 aromatic heterocycles. The van der Waals surface area contributed by atoms with Crippen molar-refractivity contribution in [2.75, 3.05) is 54.0 Å². The number of phenols is 1. The van der Waals surface area contributed by atoms with Gasteiger partial charge in [-0.3, -0.25) is 14.3 Å². The van der Waals surface area contributed by atoms with Crippen molar-refractivity contribution in [3.8, 4) is 11.4 Å². The molecule has 0 spiro atoms. The molecule has 1 aromatic carbocycles. The summed E-state index contributed by atoms with van der Waals surface area (Å²) in [6.45, 7) is 6.27. The zero-order chi connectivity index (χ0) is 24.6. The van der Waals surface area contributed by atoms with Gasteiger partial charge in [-0.15, -0.1) is 0 Å². The molecule has 2 fully saturated rings. The number of nitrogens with zero attached hydrogens (tertiary/aromatic N) is 8. The van der Waals surface area contributed by atoms with Crippen LogP contribution in [0.5, 0.6) is 5.75 Å². The Morgan fingerprint density at radius 1 is 0.889 bits per heavy atom. The van der Waals surface area contributed by atoms with Gasteiger partial charge in [-0.1, -0.05) is 0 Å². The number of aromatic hydroxyl groups is 1. The van der Waals surface area contributed by atoms with Gasteiger partial charge in [0.2, 0.25) is 5.95 Å². The van der Waals surface area contributed by atoms with Crippen molar-refractivity contribution in [3.05, 3.63) is 55.1 Å². The van der Waals surface area contributed by atoms with E-state index in [1.165, 1.54) is 0 Å². The van der Waals surface area contributed by atoms with Crippen molar-refractivity contribution >= 4 is 34.4 Å². The maximum absolute atomic E-state index is 12.0. The molecule has 2 aliphatic rings. The molecule has 36 heavy (non-hydrogen) atoms. The number of hydrogen-bond donors (Lipinski definition) is 1. The number of aromatic nitrogens is 5. The number of hydrogen-bond acceptors (Lipinski definition) is 9. The molecule has 184 valence electrons. The van der Waals surface area contributed by atoms with Crippen molar-refractivity contribution in [2.24, 2.45) is 5.92 Å². The highest BCUT2D eigenvalue weighted by molar-refractivity contribution is 5.87. The summed E-state index contributed by atoms with van der Waals surface area (Å²) in [6, 6.07) is 11.2. The molecular formula is C26H28N8O2. The maximum Gasteiger partial charge on any atom is 0.229 e. The van der Waals surface area contributed by atoms with Crippen molar-refractivity contribution in [1.82, 2.24) is 24.5 Å². The quantitative estimate of drug-likeness (QED) is 0.458. The van der Waals surface area contributed by atoms with Gasteiger partial charge in [0.05, 0.1) is 5.69 Å². The van der Waals surface area contributed by atoms with Crippen molar-refractivity contribution in [3.63, 3.8) is 0 Å². The van der Waals surface area contributed by atoms with Gasteiger partial charge in [-0.2, -0.15) is 9.97 Å². The number of ketones is 1. The lowest BCUT2D eigenvalue weighted by Gasteiger charge is -2.36. The smallest absolute Gasteiger partial charge is 0.229 e. The third kappa shape index (κ3) is 4.08. The van der Waals surface area contributed by atoms with Gasteiger partial charge in [0.1, 0.15) is 17.9 Å². The summed E-state index contributed by atoms with van der Waals surface area (Å²) in [4.78, 5) is 37.6. The molecule has 1 N–H and O–H groups in total. The zero-order valence-corrected chi connectivity index (χ0v) is 20.2. The molecule has 0 radical (unpaired) electrons. The van der Waals surface area contributed by atoms with Crippen LogP contribution in [0.2, 0.25) is 0 Å². The fraction of sp³-hybridized carbons (Fsp3) is 0.346. The number of imidazole rings is 1. The van der Waals surface area contributed by atoms with Crippen LogP contribution in [0, 0.1) is 5.92 Å². The standard InChI is InChI=1S/C26H28N8O2/c1-18(35)19-8-11-33(16-19)24-23-25(34(17-28-23)21-6-9-27-10-7-21)30-26(29-24)32-14-12-31(13-15-32)20-2-4-22(36)5-3-20/h2-7,9-10,17,19,36H,8,11-16H2,1H3. The Labute approximate surface area is 208 Å². The Morgan fingerprint density at radius 2 is 1.61 bits per heavy atom. The number of carbonyl (C=O) groups excluding carboxylic acids is 1. The van der Waals surface area contributed by atoms with Gasteiger partial charge in [-0.25, -0.2) is 4.98 Å². The van der Waals surface area contributed by atoms with E-state index >= 15 is 0 Å². The van der Waals surface area contributed by atoms with Crippen molar-refractivity contribution < 1.29 is 9.90 Å². The number of piperazine rings is 1. The third-order valence-corrected chi connectivity index (χ3v) is 7.15. The van der Waals surface area contributed by atoms with E-state index in [0.29, 0.717) is 12.5 Å². The molecule has 0 saturated carbocycles. The van der Waals surface area contributed by atoms with Gasteiger partial charge in [0, 0.05) is 63.3 Å². The third-order valence-electron chi connectivity index (χ3n) is 7.15. The number of benzene rings is 1. The molecule has 2 saturated heterocycles. The van der Waals surface area contributed by atoms with E-state index < -0.39 is 0 Å². The van der Waals surface area contributed by atoms with E-state index in [9.17, 15) is 9.90 Å². The second-order valence-electron chi connectivity index (χ2n) is 9.37. The summed E-state index contributed by atoms with van der Waals surface area (Å²) in [6.07, 6.45) is 6.12. The van der Waals surface area contributed by atoms with Gasteiger partial charge in [-0.05, 0) is 49.7 Å². The molecule has 10 nitrogen and oxygen atoms in total. The fourth-order valence-corrected chi connectivity index (χ4v) is 5.04. The van der Waals surface area contributed by atoms with Crippen LogP contribution >= 0.6 is 0 Å². The van der Waals surface area contributed by atoms with Crippen molar-refractivity contribution in [2.45, 2.75) is 13.3 Å². The van der Waals surface area contributed by atoms with Crippen LogP contribution in [-0.2, 0) is 4.79 Å². The number of phenolic OH excluding ortho intramolecular Hbond substituents is 1. The molecule has 1 atom stereocenters. The van der Waals surface area contributed by atoms with Crippen LogP contribution in [-0.4, -0.2) is 74.7 Å². The second-order valence-corrected chi connectivity index (χ2v) is 9.37. The lowest BCUT2D eigenvalue weighted by Crippen LogP contribution is -2.47. The number of fused-ring (bicyclic) bond motifs is 1. The molecular weight excluding hydrogens is 456 g/mol. The van der Waals surface area contributed by atoms with Crippen molar-refractivity contribution in [1.29, 1.82) is 0 Å². The second kappa shape index (κ2) is 9.10. The molecule has 0 aliphatic carbocycles. The molecule has 10 heteroatoms. The molecule has 2 aliphatic heterocycles. The SMILES string of the molecule is CC(=O)C1CCN(c2nc(N3CCN(c4ccc(O)cc4)CC3)nc3c2ncn3-c2ccncc2)C1. The Morgan fingerprint density at radius 3 is 2.31 bits per heavy atom. The lowest BCUT2D eigenvalue weighted by atomic mass is 10.1. The highest BCUT2D eigenvalue weighted by atomic mass is 16.3. The first kappa shape index (κ1) is 22.3. The predicted molar refractivity (Wildman–Crippen MR) is 138 cm³/mol. The summed E-state index contributed by atoms with van der Waals surface area (Å²) in [5, 5.41) is 9.61. The van der Waals surface area contributed by atoms with Crippen LogP contribution in [0.15, 0.2) is 55.1 Å². The number of pyridine rings is 1. The van der Waals surface area contributed by atoms with Gasteiger partial charge < -0.3 is 19.8 Å². The van der Waals surface area contributed by atoms with E-state index in [4.69, 9.17) is 15.0 Å². The summed E-state index contributed by atoms with van der Waals surface area (Å²) in [7, 11) is 0. The topological polar surface area (TPSA) is 104 Å². The maximum atomic E-state index is 12.0. The first-order chi connectivity index (χ1) is 17.6. The Bertz CT molecular complexity index is 1380. The molecule has 4 aromatic rings. The van der Waals surface area contributed by atoms with Gasteiger partial charge >= 0.3 is 0 Å². The Kier molecular flexibility index (Phi) is 5.63. The van der Waals surface area contributed by atoms with Crippen LogP contribution < -0.4 is 14.7 Å². The lowest BCUT2D eigenvalue weighted by molar-refractivity contribution is -0.120. The fourth-order valence-electron chi connectivity index (χ4n) is 5.04. The first-order valence-corrected chi connectivity index (χ1v) is 12.3. The number of Topliss-reactive ketones (excluding diaryl/α,β-unsaturated/α-hetero) is 1. The Hall–Kier alpha value is -4.21. The highest BCUT2D eigenvalue weighted by Crippen LogP contribution is 2.32. The summed E-state index contributed by atoms with van der Waals surface area (Å²) in [5.74, 6) is 1.97. The molecule has 5 heterocycles. The van der Waals surface area contributed by atoms with E-state index in [1.807, 2.05) is 28.8 Å². The minimum atomic E-state index is 0.0228. The number of anilines is 3. The average Bonchev–Trinajstić information content (AvgIpc) is 3.57. The van der Waals surface area contributed by atoms with E-state index in [2.05, 4.69) is 19.7 Å².